The molecule has 2 aliphatic rings. The number of esters is 1. The van der Waals surface area contributed by atoms with Gasteiger partial charge in [0.15, 0.2) is 0 Å². The Morgan fingerprint density at radius 3 is 2.79 bits per heavy atom. The smallest absolute Gasteiger partial charge is 0.310 e. The number of benzene rings is 1. The van der Waals surface area contributed by atoms with Gasteiger partial charge in [0.2, 0.25) is 0 Å². The largest absolute Gasteiger partial charge is 0.462 e. The molecule has 1 atom stereocenters. The Balaban J connectivity index is 1.53. The van der Waals surface area contributed by atoms with Crippen molar-refractivity contribution in [2.45, 2.75) is 31.9 Å². The second-order valence-electron chi connectivity index (χ2n) is 7.87. The number of hydrogen-bond donors (Lipinski definition) is 1. The highest BCUT2D eigenvalue weighted by Gasteiger charge is 2.26. The van der Waals surface area contributed by atoms with E-state index in [9.17, 15) is 4.79 Å². The van der Waals surface area contributed by atoms with E-state index in [1.165, 1.54) is 16.7 Å². The van der Waals surface area contributed by atoms with E-state index in [0.717, 1.165) is 49.3 Å². The molecule has 2 aliphatic heterocycles. The van der Waals surface area contributed by atoms with Crippen LogP contribution in [-0.4, -0.2) is 61.4 Å². The molecule has 6 heteroatoms. The summed E-state index contributed by atoms with van der Waals surface area (Å²) < 4.78 is 5.77. The number of aromatic nitrogens is 1. The van der Waals surface area contributed by atoms with Crippen molar-refractivity contribution in [2.24, 2.45) is 4.99 Å². The number of nitrogens with zero attached hydrogens (tertiary/aromatic N) is 3. The Morgan fingerprint density at radius 2 is 2.00 bits per heavy atom. The van der Waals surface area contributed by atoms with Crippen LogP contribution >= 0.6 is 0 Å². The second-order valence-corrected chi connectivity index (χ2v) is 7.87. The van der Waals surface area contributed by atoms with Gasteiger partial charge >= 0.3 is 5.97 Å². The van der Waals surface area contributed by atoms with Gasteiger partial charge in [-0.25, -0.2) is 0 Å². The maximum Gasteiger partial charge on any atom is 0.310 e. The number of carbonyl (C=O) groups is 1. The Bertz CT molecular complexity index is 911. The van der Waals surface area contributed by atoms with E-state index in [-0.39, 0.29) is 12.1 Å². The van der Waals surface area contributed by atoms with Crippen LogP contribution in [0.3, 0.4) is 0 Å². The van der Waals surface area contributed by atoms with Gasteiger partial charge in [0.05, 0.1) is 18.7 Å². The third-order valence-electron chi connectivity index (χ3n) is 5.70. The first-order valence-corrected chi connectivity index (χ1v) is 10.3. The molecule has 6 nitrogen and oxygen atoms in total. The first-order valence-electron chi connectivity index (χ1n) is 10.3. The van der Waals surface area contributed by atoms with Gasteiger partial charge in [0, 0.05) is 49.6 Å². The number of carbonyl (C=O) groups excluding carboxylic acids is 1. The summed E-state index contributed by atoms with van der Waals surface area (Å²) in [6.45, 7) is 3.50. The Labute approximate surface area is 172 Å². The number of fused-ring (bicyclic) bond motifs is 2. The number of aliphatic imine (C=N–C) groups is 1. The van der Waals surface area contributed by atoms with Crippen LogP contribution in [-0.2, 0) is 28.9 Å². The van der Waals surface area contributed by atoms with Crippen molar-refractivity contribution in [2.75, 3.05) is 33.7 Å². The molecule has 1 unspecified atom stereocenters. The SMILES string of the molecule is CNCCN(C)CCC1Cc2cc3c(cc2CC(=O)O1)CN=C3c1ccncc1. The lowest BCUT2D eigenvalue weighted by molar-refractivity contribution is -0.148. The predicted molar refractivity (Wildman–Crippen MR) is 113 cm³/mol. The number of cyclic esters (lactones) is 1. The van der Waals surface area contributed by atoms with Crippen molar-refractivity contribution in [1.82, 2.24) is 15.2 Å². The number of hydrogen-bond acceptors (Lipinski definition) is 6. The summed E-state index contributed by atoms with van der Waals surface area (Å²) in [5.41, 5.74) is 6.77. The van der Waals surface area contributed by atoms with Gasteiger partial charge in [-0.1, -0.05) is 6.07 Å². The monoisotopic (exact) mass is 392 g/mol. The molecule has 152 valence electrons. The molecular weight excluding hydrogens is 364 g/mol. The van der Waals surface area contributed by atoms with Crippen molar-refractivity contribution in [3.05, 3.63) is 64.5 Å². The van der Waals surface area contributed by atoms with E-state index >= 15 is 0 Å². The first kappa shape index (κ1) is 19.7. The highest BCUT2D eigenvalue weighted by molar-refractivity contribution is 6.15. The average molecular weight is 393 g/mol. The van der Waals surface area contributed by atoms with Crippen molar-refractivity contribution in [3.8, 4) is 0 Å². The summed E-state index contributed by atoms with van der Waals surface area (Å²) in [6, 6.07) is 8.38. The third-order valence-corrected chi connectivity index (χ3v) is 5.70. The Kier molecular flexibility index (Phi) is 6.02. The predicted octanol–water partition coefficient (Wildman–Crippen LogP) is 1.98. The van der Waals surface area contributed by atoms with Gasteiger partial charge < -0.3 is 15.0 Å². The molecule has 3 heterocycles. The number of nitrogens with one attached hydrogen (secondary N) is 1. The van der Waals surface area contributed by atoms with Crippen molar-refractivity contribution in [1.29, 1.82) is 0 Å². The second kappa shape index (κ2) is 8.84. The van der Waals surface area contributed by atoms with E-state index in [0.29, 0.717) is 13.0 Å². The van der Waals surface area contributed by atoms with E-state index in [2.05, 4.69) is 34.4 Å². The fraction of sp³-hybridized carbons (Fsp3) is 0.435. The highest BCUT2D eigenvalue weighted by atomic mass is 16.5. The average Bonchev–Trinajstić information content (AvgIpc) is 3.06. The molecule has 0 fully saturated rings. The maximum absolute atomic E-state index is 12.4. The summed E-state index contributed by atoms with van der Waals surface area (Å²) in [7, 11) is 4.06. The minimum absolute atomic E-state index is 0.0819. The van der Waals surface area contributed by atoms with Gasteiger partial charge in [-0.3, -0.25) is 14.8 Å². The van der Waals surface area contributed by atoms with Gasteiger partial charge in [-0.2, -0.15) is 0 Å². The highest BCUT2D eigenvalue weighted by Crippen LogP contribution is 2.29. The summed E-state index contributed by atoms with van der Waals surface area (Å²) in [5.74, 6) is -0.125. The van der Waals surface area contributed by atoms with Crippen LogP contribution in [0.2, 0.25) is 0 Å². The normalized spacial score (nSPS) is 18.1. The molecule has 0 saturated heterocycles. The standard InChI is InChI=1S/C23H28N4O2/c1-24-8-10-27(2)9-5-20-12-18-13-21-19(11-17(18)14-22(28)29-20)15-26-23(21)16-3-6-25-7-4-16/h3-4,6-7,11,13,20,24H,5,8-10,12,14-15H2,1-2H3. The summed E-state index contributed by atoms with van der Waals surface area (Å²) >= 11 is 0. The topological polar surface area (TPSA) is 66.8 Å². The van der Waals surface area contributed by atoms with Crippen LogP contribution < -0.4 is 5.32 Å². The van der Waals surface area contributed by atoms with Crippen LogP contribution in [0.5, 0.6) is 0 Å². The van der Waals surface area contributed by atoms with Crippen LogP contribution in [0.1, 0.15) is 34.2 Å². The third kappa shape index (κ3) is 4.54. The molecule has 4 rings (SSSR count). The molecule has 0 amide bonds. The number of ether oxygens (including phenoxy) is 1. The van der Waals surface area contributed by atoms with Gasteiger partial charge in [-0.15, -0.1) is 0 Å². The minimum atomic E-state index is -0.125. The zero-order chi connectivity index (χ0) is 20.2. The molecule has 1 N–H and O–H groups in total. The van der Waals surface area contributed by atoms with E-state index in [4.69, 9.17) is 9.73 Å². The molecule has 0 radical (unpaired) electrons. The van der Waals surface area contributed by atoms with Crippen LogP contribution in [0.4, 0.5) is 0 Å². The molecule has 29 heavy (non-hydrogen) atoms. The maximum atomic E-state index is 12.4. The number of rotatable bonds is 7. The summed E-state index contributed by atoms with van der Waals surface area (Å²) in [4.78, 5) is 23.5. The molecule has 0 bridgehead atoms. The van der Waals surface area contributed by atoms with E-state index in [1.54, 1.807) is 12.4 Å². The van der Waals surface area contributed by atoms with Crippen molar-refractivity contribution >= 4 is 11.7 Å². The molecule has 1 aromatic carbocycles. The number of pyridine rings is 1. The van der Waals surface area contributed by atoms with Gasteiger partial charge in [0.25, 0.3) is 0 Å². The fourth-order valence-electron chi connectivity index (χ4n) is 4.06. The lowest BCUT2D eigenvalue weighted by atomic mass is 9.91. The molecule has 1 aromatic heterocycles. The van der Waals surface area contributed by atoms with Crippen LogP contribution in [0, 0.1) is 0 Å². The molecular formula is C23H28N4O2. The Morgan fingerprint density at radius 1 is 1.17 bits per heavy atom. The summed E-state index contributed by atoms with van der Waals surface area (Å²) in [6.07, 6.45) is 5.46. The zero-order valence-corrected chi connectivity index (χ0v) is 17.1. The minimum Gasteiger partial charge on any atom is -0.462 e. The van der Waals surface area contributed by atoms with Crippen molar-refractivity contribution in [3.63, 3.8) is 0 Å². The van der Waals surface area contributed by atoms with Gasteiger partial charge in [-0.05, 0) is 55.4 Å². The van der Waals surface area contributed by atoms with E-state index < -0.39 is 0 Å². The van der Waals surface area contributed by atoms with Crippen molar-refractivity contribution < 1.29 is 9.53 Å². The zero-order valence-electron chi connectivity index (χ0n) is 17.1. The molecule has 0 aliphatic carbocycles. The van der Waals surface area contributed by atoms with Gasteiger partial charge in [0.1, 0.15) is 6.10 Å². The molecule has 0 saturated carbocycles. The first-order chi connectivity index (χ1) is 14.1. The fourth-order valence-corrected chi connectivity index (χ4v) is 4.06. The molecule has 2 aromatic rings. The lowest BCUT2D eigenvalue weighted by Crippen LogP contribution is -2.31. The molecule has 0 spiro atoms. The quantitative estimate of drug-likeness (QED) is 0.730. The number of likely N-dealkylation sites (N-methyl/N-ethyl adjacent to an activating group) is 2. The summed E-state index contributed by atoms with van der Waals surface area (Å²) in [5, 5.41) is 3.17. The lowest BCUT2D eigenvalue weighted by Gasteiger charge is -2.21. The van der Waals surface area contributed by atoms with Crippen LogP contribution in [0.15, 0.2) is 41.7 Å². The Hall–Kier alpha value is -2.57. The van der Waals surface area contributed by atoms with Crippen LogP contribution in [0.25, 0.3) is 0 Å². The van der Waals surface area contributed by atoms with E-state index in [1.807, 2.05) is 19.2 Å².